The molecule has 0 atom stereocenters. The summed E-state index contributed by atoms with van der Waals surface area (Å²) in [5.74, 6) is 0.784. The molecule has 0 aliphatic carbocycles. The number of aliphatic hydroxyl groups is 1. The molecule has 4 rings (SSSR count). The van der Waals surface area contributed by atoms with Crippen molar-refractivity contribution >= 4 is 23.4 Å². The minimum Gasteiger partial charge on any atom is -0.393 e. The van der Waals surface area contributed by atoms with Gasteiger partial charge in [0.25, 0.3) is 0 Å². The zero-order chi connectivity index (χ0) is 21.1. The molecular formula is C23H25N5O2. The van der Waals surface area contributed by atoms with Crippen LogP contribution in [0.4, 0.5) is 17.5 Å². The van der Waals surface area contributed by atoms with Crippen molar-refractivity contribution in [2.75, 3.05) is 23.3 Å². The van der Waals surface area contributed by atoms with Crippen molar-refractivity contribution in [3.8, 4) is 11.3 Å². The topological polar surface area (TPSA) is 104 Å². The van der Waals surface area contributed by atoms with Crippen molar-refractivity contribution in [1.29, 1.82) is 0 Å². The highest BCUT2D eigenvalue weighted by Gasteiger charge is 2.20. The van der Waals surface area contributed by atoms with Gasteiger partial charge in [0.05, 0.1) is 11.8 Å². The van der Waals surface area contributed by atoms with Gasteiger partial charge in [0.1, 0.15) is 5.82 Å². The zero-order valence-electron chi connectivity index (χ0n) is 16.9. The van der Waals surface area contributed by atoms with Crippen LogP contribution in [0.25, 0.3) is 11.3 Å². The van der Waals surface area contributed by atoms with Gasteiger partial charge >= 0.3 is 0 Å². The number of hydrogen-bond donors (Lipinski definition) is 3. The zero-order valence-corrected chi connectivity index (χ0v) is 16.9. The summed E-state index contributed by atoms with van der Waals surface area (Å²) >= 11 is 0. The number of anilines is 3. The van der Waals surface area contributed by atoms with E-state index < -0.39 is 5.91 Å². The molecule has 1 saturated heterocycles. The highest BCUT2D eigenvalue weighted by Crippen LogP contribution is 2.28. The summed E-state index contributed by atoms with van der Waals surface area (Å²) in [4.78, 5) is 23.3. The molecule has 0 spiro atoms. The number of nitrogens with one attached hydrogen (secondary N) is 1. The Kier molecular flexibility index (Phi) is 5.63. The Morgan fingerprint density at radius 3 is 2.53 bits per heavy atom. The molecular weight excluding hydrogens is 378 g/mol. The fraction of sp³-hybridized carbons (Fsp3) is 0.261. The monoisotopic (exact) mass is 403 g/mol. The molecule has 7 nitrogen and oxygen atoms in total. The molecule has 4 N–H and O–H groups in total. The lowest BCUT2D eigenvalue weighted by Crippen LogP contribution is -2.36. The predicted molar refractivity (Wildman–Crippen MR) is 118 cm³/mol. The Labute approximate surface area is 175 Å². The third-order valence-corrected chi connectivity index (χ3v) is 5.42. The number of nitrogens with zero attached hydrogens (tertiary/aromatic N) is 3. The van der Waals surface area contributed by atoms with E-state index in [0.717, 1.165) is 41.4 Å². The molecule has 154 valence electrons. The van der Waals surface area contributed by atoms with Crippen LogP contribution in [-0.2, 0) is 0 Å². The number of aliphatic hydroxyl groups excluding tert-OH is 1. The van der Waals surface area contributed by atoms with Gasteiger partial charge in [-0.3, -0.25) is 4.79 Å². The third-order valence-electron chi connectivity index (χ3n) is 5.42. The van der Waals surface area contributed by atoms with E-state index in [-0.39, 0.29) is 6.10 Å². The second-order valence-corrected chi connectivity index (χ2v) is 7.49. The van der Waals surface area contributed by atoms with Crippen molar-refractivity contribution in [3.63, 3.8) is 0 Å². The van der Waals surface area contributed by atoms with Gasteiger partial charge in [0.2, 0.25) is 11.9 Å². The van der Waals surface area contributed by atoms with Crippen LogP contribution in [0.15, 0.2) is 54.6 Å². The van der Waals surface area contributed by atoms with E-state index in [4.69, 9.17) is 15.7 Å². The second-order valence-electron chi connectivity index (χ2n) is 7.49. The molecule has 0 bridgehead atoms. The van der Waals surface area contributed by atoms with E-state index in [9.17, 15) is 9.90 Å². The van der Waals surface area contributed by atoms with Gasteiger partial charge in [-0.1, -0.05) is 36.4 Å². The van der Waals surface area contributed by atoms with Crippen LogP contribution in [-0.4, -0.2) is 40.2 Å². The molecule has 2 heterocycles. The summed E-state index contributed by atoms with van der Waals surface area (Å²) in [7, 11) is 0. The first kappa shape index (κ1) is 19.8. The molecule has 0 saturated carbocycles. The Morgan fingerprint density at radius 1 is 1.10 bits per heavy atom. The van der Waals surface area contributed by atoms with E-state index in [1.807, 2.05) is 49.4 Å². The van der Waals surface area contributed by atoms with Gasteiger partial charge in [0, 0.05) is 36.0 Å². The SMILES string of the molecule is Cc1c(Nc2nc(-c3ccccc3)cc(N3CCC(O)CC3)n2)cccc1C(N)=O. The number of amides is 1. The first-order valence-corrected chi connectivity index (χ1v) is 10.1. The Morgan fingerprint density at radius 2 is 1.83 bits per heavy atom. The molecule has 1 fully saturated rings. The van der Waals surface area contributed by atoms with Crippen molar-refractivity contribution in [2.45, 2.75) is 25.9 Å². The van der Waals surface area contributed by atoms with Crippen LogP contribution in [0, 0.1) is 6.92 Å². The van der Waals surface area contributed by atoms with Crippen LogP contribution in [0.1, 0.15) is 28.8 Å². The smallest absolute Gasteiger partial charge is 0.249 e. The summed E-state index contributed by atoms with van der Waals surface area (Å²) in [6.45, 7) is 3.32. The summed E-state index contributed by atoms with van der Waals surface area (Å²) < 4.78 is 0. The highest BCUT2D eigenvalue weighted by molar-refractivity contribution is 5.96. The fourth-order valence-electron chi connectivity index (χ4n) is 3.66. The first-order chi connectivity index (χ1) is 14.5. The lowest BCUT2D eigenvalue weighted by molar-refractivity contribution is 0.0999. The van der Waals surface area contributed by atoms with Crippen LogP contribution < -0.4 is 16.0 Å². The molecule has 1 aliphatic rings. The van der Waals surface area contributed by atoms with E-state index in [1.165, 1.54) is 0 Å². The molecule has 0 unspecified atom stereocenters. The molecule has 30 heavy (non-hydrogen) atoms. The molecule has 0 radical (unpaired) electrons. The van der Waals surface area contributed by atoms with Gasteiger partial charge in [0.15, 0.2) is 0 Å². The minimum absolute atomic E-state index is 0.256. The number of hydrogen-bond acceptors (Lipinski definition) is 6. The highest BCUT2D eigenvalue weighted by atomic mass is 16.3. The Bertz CT molecular complexity index is 1050. The van der Waals surface area contributed by atoms with Crippen LogP contribution >= 0.6 is 0 Å². The average molecular weight is 403 g/mol. The maximum atomic E-state index is 11.7. The largest absolute Gasteiger partial charge is 0.393 e. The third kappa shape index (κ3) is 4.26. The quantitative estimate of drug-likeness (QED) is 0.604. The van der Waals surface area contributed by atoms with Crippen molar-refractivity contribution in [3.05, 3.63) is 65.7 Å². The summed E-state index contributed by atoms with van der Waals surface area (Å²) in [5, 5.41) is 13.1. The second kappa shape index (κ2) is 8.51. The number of nitrogens with two attached hydrogens (primary N) is 1. The molecule has 1 amide bonds. The minimum atomic E-state index is -0.470. The lowest BCUT2D eigenvalue weighted by Gasteiger charge is -2.31. The van der Waals surface area contributed by atoms with E-state index in [2.05, 4.69) is 10.2 Å². The number of carbonyl (C=O) groups excluding carboxylic acids is 1. The van der Waals surface area contributed by atoms with Crippen LogP contribution in [0.5, 0.6) is 0 Å². The molecule has 1 aliphatic heterocycles. The van der Waals surface area contributed by atoms with Gasteiger partial charge in [-0.2, -0.15) is 4.98 Å². The summed E-state index contributed by atoms with van der Waals surface area (Å²) in [6, 6.07) is 17.3. The summed E-state index contributed by atoms with van der Waals surface area (Å²) in [5.41, 5.74) is 9.22. The number of carbonyl (C=O) groups is 1. The number of piperidine rings is 1. The number of rotatable bonds is 5. The Balaban J connectivity index is 1.73. The van der Waals surface area contributed by atoms with Crippen molar-refractivity contribution < 1.29 is 9.90 Å². The average Bonchev–Trinajstić information content (AvgIpc) is 2.76. The summed E-state index contributed by atoms with van der Waals surface area (Å²) in [6.07, 6.45) is 1.17. The number of benzene rings is 2. The molecule has 1 aromatic heterocycles. The Hall–Kier alpha value is -3.45. The van der Waals surface area contributed by atoms with Crippen molar-refractivity contribution in [2.24, 2.45) is 5.73 Å². The van der Waals surface area contributed by atoms with Gasteiger partial charge in [-0.05, 0) is 37.5 Å². The van der Waals surface area contributed by atoms with Gasteiger partial charge in [-0.25, -0.2) is 4.98 Å². The maximum absolute atomic E-state index is 11.7. The molecule has 2 aromatic carbocycles. The standard InChI is InChI=1S/C23H25N5O2/c1-15-18(22(24)30)8-5-9-19(15)25-23-26-20(16-6-3-2-4-7-16)14-21(27-23)28-12-10-17(29)11-13-28/h2-9,14,17,29H,10-13H2,1H3,(H2,24,30)(H,25,26,27). The number of aromatic nitrogens is 2. The van der Waals surface area contributed by atoms with Crippen LogP contribution in [0.2, 0.25) is 0 Å². The van der Waals surface area contributed by atoms with Gasteiger partial charge < -0.3 is 21.1 Å². The van der Waals surface area contributed by atoms with E-state index in [1.54, 1.807) is 12.1 Å². The van der Waals surface area contributed by atoms with Crippen molar-refractivity contribution in [1.82, 2.24) is 9.97 Å². The predicted octanol–water partition coefficient (Wildman–Crippen LogP) is 3.26. The fourth-order valence-corrected chi connectivity index (χ4v) is 3.66. The molecule has 7 heteroatoms. The first-order valence-electron chi connectivity index (χ1n) is 10.1. The normalized spacial score (nSPS) is 14.5. The van der Waals surface area contributed by atoms with Crippen LogP contribution in [0.3, 0.4) is 0 Å². The number of primary amides is 1. The van der Waals surface area contributed by atoms with E-state index in [0.29, 0.717) is 24.4 Å². The lowest BCUT2D eigenvalue weighted by atomic mass is 10.1. The van der Waals surface area contributed by atoms with Gasteiger partial charge in [-0.15, -0.1) is 0 Å². The molecule has 3 aromatic rings. The van der Waals surface area contributed by atoms with E-state index >= 15 is 0 Å². The maximum Gasteiger partial charge on any atom is 0.249 e.